The monoisotopic (exact) mass is 436 g/mol. The van der Waals surface area contributed by atoms with E-state index in [1.54, 1.807) is 24.3 Å². The molecule has 0 spiro atoms. The molecular weight excluding hydrogens is 416 g/mol. The Balaban J connectivity index is 1.52. The molecule has 0 saturated carbocycles. The number of carbonyl (C=O) groups is 2. The Morgan fingerprint density at radius 3 is 2.77 bits per heavy atom. The van der Waals surface area contributed by atoms with Crippen LogP contribution < -0.4 is 4.90 Å². The van der Waals surface area contributed by atoms with Crippen LogP contribution in [-0.4, -0.2) is 46.9 Å². The number of amides is 1. The molecule has 8 heteroatoms. The normalized spacial score (nSPS) is 21.4. The molecule has 0 N–H and O–H groups in total. The molecule has 2 atom stereocenters. The van der Waals surface area contributed by atoms with E-state index in [1.165, 1.54) is 4.90 Å². The van der Waals surface area contributed by atoms with Gasteiger partial charge in [-0.3, -0.25) is 14.5 Å². The lowest BCUT2D eigenvalue weighted by Gasteiger charge is -2.30. The van der Waals surface area contributed by atoms with Crippen LogP contribution in [-0.2, 0) is 9.53 Å². The average Bonchev–Trinajstić information content (AvgIpc) is 3.05. The van der Waals surface area contributed by atoms with E-state index >= 15 is 0 Å². The van der Waals surface area contributed by atoms with Gasteiger partial charge in [0.05, 0.1) is 5.92 Å². The molecule has 5 rings (SSSR count). The minimum absolute atomic E-state index is 0.214. The Morgan fingerprint density at radius 2 is 1.94 bits per heavy atom. The largest absolute Gasteiger partial charge is 0.436 e. The fourth-order valence-electron chi connectivity index (χ4n) is 4.29. The van der Waals surface area contributed by atoms with Crippen LogP contribution in [0.25, 0.3) is 11.0 Å². The number of halogens is 1. The first-order chi connectivity index (χ1) is 15.0. The Bertz CT molecular complexity index is 1180. The van der Waals surface area contributed by atoms with Gasteiger partial charge in [0.2, 0.25) is 6.23 Å². The topological polar surface area (TPSA) is 75.6 Å². The number of nitrogens with zero attached hydrogens (tertiary/aromatic N) is 4. The maximum Gasteiger partial charge on any atom is 0.312 e. The van der Waals surface area contributed by atoms with E-state index in [2.05, 4.69) is 14.9 Å². The quantitative estimate of drug-likeness (QED) is 0.459. The highest BCUT2D eigenvalue weighted by Crippen LogP contribution is 2.38. The van der Waals surface area contributed by atoms with E-state index in [4.69, 9.17) is 16.3 Å². The first-order valence-corrected chi connectivity index (χ1v) is 10.6. The second-order valence-electron chi connectivity index (χ2n) is 8.00. The van der Waals surface area contributed by atoms with Gasteiger partial charge >= 0.3 is 5.97 Å². The van der Waals surface area contributed by atoms with Gasteiger partial charge in [-0.25, -0.2) is 9.97 Å². The van der Waals surface area contributed by atoms with Gasteiger partial charge in [-0.1, -0.05) is 29.8 Å². The van der Waals surface area contributed by atoms with Crippen molar-refractivity contribution in [1.29, 1.82) is 0 Å². The van der Waals surface area contributed by atoms with Gasteiger partial charge in [-0.05, 0) is 56.8 Å². The van der Waals surface area contributed by atoms with Gasteiger partial charge in [-0.2, -0.15) is 0 Å². The van der Waals surface area contributed by atoms with E-state index < -0.39 is 6.23 Å². The van der Waals surface area contributed by atoms with Crippen molar-refractivity contribution in [3.8, 4) is 0 Å². The highest BCUT2D eigenvalue weighted by molar-refractivity contribution is 6.29. The van der Waals surface area contributed by atoms with Crippen LogP contribution in [0.1, 0.15) is 35.0 Å². The number of anilines is 1. The molecule has 1 amide bonds. The van der Waals surface area contributed by atoms with Crippen LogP contribution >= 0.6 is 11.6 Å². The third kappa shape index (κ3) is 3.64. The lowest BCUT2D eigenvalue weighted by molar-refractivity contribution is -0.155. The minimum Gasteiger partial charge on any atom is -0.436 e. The SMILES string of the molecule is CN1CCCC(C(=O)OC2c3ccccc3C(=O)N2c2ccc3ccc(Cl)nc3n2)C1. The number of esters is 1. The van der Waals surface area contributed by atoms with Crippen LogP contribution in [0.2, 0.25) is 5.15 Å². The number of fused-ring (bicyclic) bond motifs is 2. The molecule has 2 aliphatic heterocycles. The Hall–Kier alpha value is -3.03. The Morgan fingerprint density at radius 1 is 1.13 bits per heavy atom. The van der Waals surface area contributed by atoms with Gasteiger partial charge in [-0.15, -0.1) is 0 Å². The first-order valence-electron chi connectivity index (χ1n) is 10.3. The lowest BCUT2D eigenvalue weighted by Crippen LogP contribution is -2.39. The van der Waals surface area contributed by atoms with Crippen molar-refractivity contribution in [2.24, 2.45) is 5.92 Å². The number of rotatable bonds is 3. The lowest BCUT2D eigenvalue weighted by atomic mass is 9.99. The molecule has 2 unspecified atom stereocenters. The molecule has 2 aliphatic rings. The van der Waals surface area contributed by atoms with Gasteiger partial charge in [0.1, 0.15) is 11.0 Å². The fourth-order valence-corrected chi connectivity index (χ4v) is 4.43. The standard InChI is InChI=1S/C23H21ClN4O3/c1-27-12-4-5-15(13-27)23(30)31-22-17-7-3-2-6-16(17)21(29)28(22)19-11-9-14-8-10-18(24)25-20(14)26-19/h2-3,6-11,15,22H,4-5,12-13H2,1H3. The number of pyridine rings is 2. The zero-order chi connectivity index (χ0) is 21.5. The number of hydrogen-bond acceptors (Lipinski definition) is 6. The van der Waals surface area contributed by atoms with Crippen molar-refractivity contribution in [3.63, 3.8) is 0 Å². The van der Waals surface area contributed by atoms with E-state index in [9.17, 15) is 9.59 Å². The summed E-state index contributed by atoms with van der Waals surface area (Å²) in [6.07, 6.45) is 0.855. The van der Waals surface area contributed by atoms with Crippen molar-refractivity contribution in [2.75, 3.05) is 25.0 Å². The summed E-state index contributed by atoms with van der Waals surface area (Å²) in [6, 6.07) is 14.2. The third-order valence-corrected chi connectivity index (χ3v) is 6.06. The number of piperidine rings is 1. The van der Waals surface area contributed by atoms with E-state index in [1.807, 2.05) is 31.3 Å². The predicted octanol–water partition coefficient (Wildman–Crippen LogP) is 3.83. The van der Waals surface area contributed by atoms with E-state index in [0.717, 1.165) is 24.8 Å². The third-order valence-electron chi connectivity index (χ3n) is 5.85. The Labute approximate surface area is 184 Å². The molecule has 0 aliphatic carbocycles. The summed E-state index contributed by atoms with van der Waals surface area (Å²) in [4.78, 5) is 38.6. The summed E-state index contributed by atoms with van der Waals surface area (Å²) in [6.45, 7) is 1.62. The number of carbonyl (C=O) groups excluding carboxylic acids is 2. The van der Waals surface area contributed by atoms with Crippen LogP contribution in [0.15, 0.2) is 48.5 Å². The first kappa shape index (κ1) is 19.9. The van der Waals surface area contributed by atoms with Crippen molar-refractivity contribution in [1.82, 2.24) is 14.9 Å². The number of ether oxygens (including phenoxy) is 1. The predicted molar refractivity (Wildman–Crippen MR) is 117 cm³/mol. The van der Waals surface area contributed by atoms with Crippen molar-refractivity contribution < 1.29 is 14.3 Å². The fraction of sp³-hybridized carbons (Fsp3) is 0.304. The molecule has 2 aromatic heterocycles. The molecule has 0 bridgehead atoms. The zero-order valence-electron chi connectivity index (χ0n) is 17.0. The highest BCUT2D eigenvalue weighted by Gasteiger charge is 2.42. The van der Waals surface area contributed by atoms with E-state index in [-0.39, 0.29) is 17.8 Å². The summed E-state index contributed by atoms with van der Waals surface area (Å²) in [5, 5.41) is 1.12. The summed E-state index contributed by atoms with van der Waals surface area (Å²) in [7, 11) is 2.00. The molecule has 7 nitrogen and oxygen atoms in total. The number of hydrogen-bond donors (Lipinski definition) is 0. The van der Waals surface area contributed by atoms with Gasteiger partial charge in [0.15, 0.2) is 5.65 Å². The molecule has 1 aromatic carbocycles. The van der Waals surface area contributed by atoms with Crippen LogP contribution in [0, 0.1) is 5.92 Å². The molecule has 31 heavy (non-hydrogen) atoms. The van der Waals surface area contributed by atoms with Crippen molar-refractivity contribution >= 4 is 40.3 Å². The second-order valence-corrected chi connectivity index (χ2v) is 8.39. The van der Waals surface area contributed by atoms with Crippen LogP contribution in [0.4, 0.5) is 5.82 Å². The molecule has 0 radical (unpaired) electrons. The number of aromatic nitrogens is 2. The second kappa shape index (κ2) is 7.90. The van der Waals surface area contributed by atoms with Crippen molar-refractivity contribution in [3.05, 3.63) is 64.8 Å². The molecule has 1 fully saturated rings. The van der Waals surface area contributed by atoms with Crippen LogP contribution in [0.5, 0.6) is 0 Å². The maximum atomic E-state index is 13.3. The van der Waals surface area contributed by atoms with Gasteiger partial charge < -0.3 is 9.64 Å². The summed E-state index contributed by atoms with van der Waals surface area (Å²) in [5.41, 5.74) is 1.58. The Kier molecular flexibility index (Phi) is 5.08. The zero-order valence-corrected chi connectivity index (χ0v) is 17.7. The smallest absolute Gasteiger partial charge is 0.312 e. The maximum absolute atomic E-state index is 13.3. The molecular formula is C23H21ClN4O3. The summed E-state index contributed by atoms with van der Waals surface area (Å²) >= 11 is 6.02. The molecule has 3 aromatic rings. The molecule has 4 heterocycles. The summed E-state index contributed by atoms with van der Waals surface area (Å²) in [5.74, 6) is -0.411. The van der Waals surface area contributed by atoms with E-state index in [0.29, 0.717) is 34.3 Å². The summed E-state index contributed by atoms with van der Waals surface area (Å²) < 4.78 is 5.95. The molecule has 158 valence electrons. The molecule has 1 saturated heterocycles. The number of likely N-dealkylation sites (tertiary alicyclic amines) is 1. The van der Waals surface area contributed by atoms with Gasteiger partial charge in [0, 0.05) is 23.1 Å². The minimum atomic E-state index is -0.868. The number of benzene rings is 1. The highest BCUT2D eigenvalue weighted by atomic mass is 35.5. The van der Waals surface area contributed by atoms with Crippen molar-refractivity contribution in [2.45, 2.75) is 19.1 Å². The van der Waals surface area contributed by atoms with Crippen LogP contribution in [0.3, 0.4) is 0 Å². The van der Waals surface area contributed by atoms with Gasteiger partial charge in [0.25, 0.3) is 5.91 Å². The average molecular weight is 437 g/mol.